The van der Waals surface area contributed by atoms with Gasteiger partial charge in [-0.15, -0.1) is 0 Å². The second-order valence-electron chi connectivity index (χ2n) is 6.00. The van der Waals surface area contributed by atoms with Crippen molar-refractivity contribution in [2.45, 2.75) is 20.4 Å². The predicted molar refractivity (Wildman–Crippen MR) is 110 cm³/mol. The zero-order chi connectivity index (χ0) is 19.9. The molecule has 0 spiro atoms. The van der Waals surface area contributed by atoms with Gasteiger partial charge in [-0.05, 0) is 43.7 Å². The van der Waals surface area contributed by atoms with Crippen LogP contribution in [-0.4, -0.2) is 28.9 Å². The fourth-order valence-corrected chi connectivity index (χ4v) is 2.91. The van der Waals surface area contributed by atoms with E-state index in [0.29, 0.717) is 47.5 Å². The summed E-state index contributed by atoms with van der Waals surface area (Å²) in [5, 5.41) is 7.81. The van der Waals surface area contributed by atoms with Crippen LogP contribution >= 0.6 is 11.6 Å². The molecular formula is C21H22ClN3O3. The van der Waals surface area contributed by atoms with Crippen molar-refractivity contribution < 1.29 is 14.3 Å². The molecule has 1 N–H and O–H groups in total. The van der Waals surface area contributed by atoms with Crippen LogP contribution in [0.25, 0.3) is 0 Å². The van der Waals surface area contributed by atoms with Crippen molar-refractivity contribution in [2.24, 2.45) is 0 Å². The van der Waals surface area contributed by atoms with Crippen molar-refractivity contribution in [3.05, 3.63) is 71.0 Å². The molecule has 0 radical (unpaired) electrons. The Morgan fingerprint density at radius 3 is 2.61 bits per heavy atom. The predicted octanol–water partition coefficient (Wildman–Crippen LogP) is 4.63. The Hall–Kier alpha value is -2.99. The smallest absolute Gasteiger partial charge is 0.255 e. The van der Waals surface area contributed by atoms with Gasteiger partial charge in [0.25, 0.3) is 5.91 Å². The lowest BCUT2D eigenvalue weighted by atomic mass is 10.2. The molecule has 0 unspecified atom stereocenters. The lowest BCUT2D eigenvalue weighted by Gasteiger charge is -2.12. The number of nitrogens with zero attached hydrogens (tertiary/aromatic N) is 2. The maximum absolute atomic E-state index is 12.6. The van der Waals surface area contributed by atoms with Crippen LogP contribution in [0.3, 0.4) is 0 Å². The second-order valence-corrected chi connectivity index (χ2v) is 6.41. The third kappa shape index (κ3) is 4.84. The minimum atomic E-state index is -0.249. The van der Waals surface area contributed by atoms with Gasteiger partial charge in [-0.3, -0.25) is 9.48 Å². The molecule has 2 aromatic carbocycles. The molecular weight excluding hydrogens is 378 g/mol. The Morgan fingerprint density at radius 1 is 1.11 bits per heavy atom. The fraction of sp³-hybridized carbons (Fsp3) is 0.238. The van der Waals surface area contributed by atoms with Crippen LogP contribution in [0.2, 0.25) is 5.02 Å². The van der Waals surface area contributed by atoms with Crippen molar-refractivity contribution in [3.8, 4) is 11.5 Å². The average molecular weight is 400 g/mol. The minimum absolute atomic E-state index is 0.249. The number of rotatable bonds is 8. The largest absolute Gasteiger partial charge is 0.490 e. The molecule has 1 amide bonds. The molecule has 28 heavy (non-hydrogen) atoms. The van der Waals surface area contributed by atoms with Crippen molar-refractivity contribution in [2.75, 3.05) is 18.5 Å². The zero-order valence-corrected chi connectivity index (χ0v) is 16.6. The van der Waals surface area contributed by atoms with E-state index >= 15 is 0 Å². The highest BCUT2D eigenvalue weighted by Gasteiger charge is 2.13. The number of carbonyl (C=O) groups is 1. The summed E-state index contributed by atoms with van der Waals surface area (Å²) in [6.07, 6.45) is 3.37. The number of nitrogens with one attached hydrogen (secondary N) is 1. The van der Waals surface area contributed by atoms with Crippen molar-refractivity contribution in [1.82, 2.24) is 9.78 Å². The number of amides is 1. The molecule has 0 aliphatic heterocycles. The van der Waals surface area contributed by atoms with E-state index in [0.717, 1.165) is 5.56 Å². The average Bonchev–Trinajstić information content (AvgIpc) is 3.12. The van der Waals surface area contributed by atoms with Crippen molar-refractivity contribution in [1.29, 1.82) is 0 Å². The first-order valence-electron chi connectivity index (χ1n) is 9.07. The van der Waals surface area contributed by atoms with E-state index in [2.05, 4.69) is 10.4 Å². The Balaban J connectivity index is 1.70. The van der Waals surface area contributed by atoms with Crippen LogP contribution in [0.5, 0.6) is 11.5 Å². The summed E-state index contributed by atoms with van der Waals surface area (Å²) < 4.78 is 12.8. The third-order valence-corrected chi connectivity index (χ3v) is 4.36. The lowest BCUT2D eigenvalue weighted by Crippen LogP contribution is -2.12. The number of halogens is 1. The standard InChI is InChI=1S/C21H22ClN3O3/c1-3-27-19-10-9-15(11-20(19)28-4-2)21(26)24-17-12-23-25(14-17)13-16-7-5-6-8-18(16)22/h5-12,14H,3-4,13H2,1-2H3,(H,24,26). The molecule has 146 valence electrons. The van der Waals surface area contributed by atoms with E-state index in [4.69, 9.17) is 21.1 Å². The Bertz CT molecular complexity index is 956. The maximum atomic E-state index is 12.6. The summed E-state index contributed by atoms with van der Waals surface area (Å²) in [5.41, 5.74) is 2.03. The topological polar surface area (TPSA) is 65.4 Å². The van der Waals surface area contributed by atoms with Crippen LogP contribution in [-0.2, 0) is 6.54 Å². The molecule has 1 aromatic heterocycles. The van der Waals surface area contributed by atoms with Crippen LogP contribution in [0, 0.1) is 0 Å². The second kappa shape index (κ2) is 9.28. The SMILES string of the molecule is CCOc1ccc(C(=O)Nc2cnn(Cc3ccccc3Cl)c2)cc1OCC. The van der Waals surface area contributed by atoms with E-state index < -0.39 is 0 Å². The van der Waals surface area contributed by atoms with Gasteiger partial charge in [-0.25, -0.2) is 0 Å². The number of aromatic nitrogens is 2. The molecule has 3 aromatic rings. The normalized spacial score (nSPS) is 10.5. The highest BCUT2D eigenvalue weighted by molar-refractivity contribution is 6.31. The number of hydrogen-bond acceptors (Lipinski definition) is 4. The van der Waals surface area contributed by atoms with E-state index in [1.807, 2.05) is 38.1 Å². The minimum Gasteiger partial charge on any atom is -0.490 e. The van der Waals surface area contributed by atoms with E-state index in [-0.39, 0.29) is 5.91 Å². The molecule has 0 aliphatic rings. The molecule has 0 fully saturated rings. The van der Waals surface area contributed by atoms with Crippen LogP contribution in [0.4, 0.5) is 5.69 Å². The number of carbonyl (C=O) groups excluding carboxylic acids is 1. The van der Waals surface area contributed by atoms with E-state index in [9.17, 15) is 4.79 Å². The first-order chi connectivity index (χ1) is 13.6. The van der Waals surface area contributed by atoms with Gasteiger partial charge in [0.15, 0.2) is 11.5 Å². The van der Waals surface area contributed by atoms with Crippen molar-refractivity contribution in [3.63, 3.8) is 0 Å². The lowest BCUT2D eigenvalue weighted by molar-refractivity contribution is 0.102. The van der Waals surface area contributed by atoms with Gasteiger partial charge in [0.05, 0.1) is 31.6 Å². The molecule has 0 aliphatic carbocycles. The number of anilines is 1. The van der Waals surface area contributed by atoms with Gasteiger partial charge >= 0.3 is 0 Å². The van der Waals surface area contributed by atoms with Gasteiger partial charge in [-0.2, -0.15) is 5.10 Å². The van der Waals surface area contributed by atoms with Crippen molar-refractivity contribution >= 4 is 23.2 Å². The monoisotopic (exact) mass is 399 g/mol. The number of ether oxygens (including phenoxy) is 2. The van der Waals surface area contributed by atoms with Gasteiger partial charge in [0.2, 0.25) is 0 Å². The Morgan fingerprint density at radius 2 is 1.86 bits per heavy atom. The van der Waals surface area contributed by atoms with Gasteiger partial charge in [0.1, 0.15) is 0 Å². The Labute approximate surface area is 169 Å². The fourth-order valence-electron chi connectivity index (χ4n) is 2.71. The summed E-state index contributed by atoms with van der Waals surface area (Å²) in [5.74, 6) is 0.918. The van der Waals surface area contributed by atoms with Gasteiger partial charge < -0.3 is 14.8 Å². The summed E-state index contributed by atoms with van der Waals surface area (Å²) in [4.78, 5) is 12.6. The zero-order valence-electron chi connectivity index (χ0n) is 15.8. The molecule has 0 saturated carbocycles. The summed E-state index contributed by atoms with van der Waals surface area (Å²) in [6.45, 7) is 5.32. The molecule has 0 saturated heterocycles. The molecule has 3 rings (SSSR count). The van der Waals surface area contributed by atoms with Crippen LogP contribution in [0.1, 0.15) is 29.8 Å². The Kier molecular flexibility index (Phi) is 6.55. The molecule has 0 atom stereocenters. The van der Waals surface area contributed by atoms with E-state index in [1.54, 1.807) is 35.3 Å². The summed E-state index contributed by atoms with van der Waals surface area (Å²) in [6, 6.07) is 12.7. The molecule has 7 heteroatoms. The first kappa shape index (κ1) is 19.8. The number of benzene rings is 2. The maximum Gasteiger partial charge on any atom is 0.255 e. The highest BCUT2D eigenvalue weighted by Crippen LogP contribution is 2.29. The molecule has 1 heterocycles. The van der Waals surface area contributed by atoms with Crippen LogP contribution in [0.15, 0.2) is 54.9 Å². The first-order valence-corrected chi connectivity index (χ1v) is 9.45. The quantitative estimate of drug-likeness (QED) is 0.599. The summed E-state index contributed by atoms with van der Waals surface area (Å²) >= 11 is 6.19. The van der Waals surface area contributed by atoms with E-state index in [1.165, 1.54) is 0 Å². The molecule has 6 nitrogen and oxygen atoms in total. The van der Waals surface area contributed by atoms with Crippen LogP contribution < -0.4 is 14.8 Å². The third-order valence-electron chi connectivity index (χ3n) is 3.99. The number of hydrogen-bond donors (Lipinski definition) is 1. The summed E-state index contributed by atoms with van der Waals surface area (Å²) in [7, 11) is 0. The van der Waals surface area contributed by atoms with Gasteiger partial charge in [0, 0.05) is 16.8 Å². The highest BCUT2D eigenvalue weighted by atomic mass is 35.5. The van der Waals surface area contributed by atoms with Gasteiger partial charge in [-0.1, -0.05) is 29.8 Å². The molecule has 0 bridgehead atoms.